The van der Waals surface area contributed by atoms with Gasteiger partial charge in [-0.25, -0.2) is 5.43 Å². The highest BCUT2D eigenvalue weighted by molar-refractivity contribution is 5.93. The van der Waals surface area contributed by atoms with Crippen molar-refractivity contribution in [3.05, 3.63) is 65.8 Å². The van der Waals surface area contributed by atoms with E-state index in [2.05, 4.69) is 16.1 Å². The van der Waals surface area contributed by atoms with Gasteiger partial charge in [-0.15, -0.1) is 0 Å². The monoisotopic (exact) mass is 740 g/mol. The SMILES string of the molecule is CC(=O)CC[C@H]1C(=O)N[C@@H](C(C)C)C(=O)N[C@@H](Cc2cccc(O)c2)C(=O)N2CCCC(N2)C(=O)O[C@H](/C(C)=C/CO)C/C=C/C=C/[C@H](O)[C@H](C)[C@H]1O. The number of carbonyl (C=O) groups excluding carboxylic acids is 5. The zero-order valence-corrected chi connectivity index (χ0v) is 31.2. The number of amides is 3. The lowest BCUT2D eigenvalue weighted by Crippen LogP contribution is -2.62. The number of hydrazine groups is 1. The number of hydrogen-bond acceptors (Lipinski definition) is 11. The number of ether oxygens (including phenoxy) is 1. The van der Waals surface area contributed by atoms with Gasteiger partial charge in [0, 0.05) is 31.7 Å². The zero-order valence-electron chi connectivity index (χ0n) is 31.2. The van der Waals surface area contributed by atoms with Crippen LogP contribution in [0.3, 0.4) is 0 Å². The molecular formula is C39H56N4O10. The molecule has 0 spiro atoms. The second-order valence-electron chi connectivity index (χ2n) is 14.3. The van der Waals surface area contributed by atoms with Crippen LogP contribution in [0.25, 0.3) is 0 Å². The van der Waals surface area contributed by atoms with E-state index >= 15 is 0 Å². The maximum absolute atomic E-state index is 14.2. The second-order valence-corrected chi connectivity index (χ2v) is 14.3. The lowest BCUT2D eigenvalue weighted by atomic mass is 9.84. The molecule has 1 aromatic carbocycles. The Morgan fingerprint density at radius 3 is 2.47 bits per heavy atom. The normalized spacial score (nSPS) is 30.0. The van der Waals surface area contributed by atoms with Crippen LogP contribution in [-0.4, -0.2) is 104 Å². The molecule has 2 heterocycles. The van der Waals surface area contributed by atoms with Crippen LogP contribution >= 0.6 is 0 Å². The Balaban J connectivity index is 2.06. The number of esters is 1. The predicted molar refractivity (Wildman–Crippen MR) is 197 cm³/mol. The van der Waals surface area contributed by atoms with Crippen molar-refractivity contribution in [2.75, 3.05) is 13.2 Å². The van der Waals surface area contributed by atoms with Gasteiger partial charge in [-0.05, 0) is 62.3 Å². The Bertz CT molecular complexity index is 1520. The molecule has 8 atom stereocenters. The highest BCUT2D eigenvalue weighted by atomic mass is 16.5. The van der Waals surface area contributed by atoms with Gasteiger partial charge in [0.05, 0.1) is 24.7 Å². The van der Waals surface area contributed by atoms with Crippen LogP contribution in [0.5, 0.6) is 5.75 Å². The summed E-state index contributed by atoms with van der Waals surface area (Å²) >= 11 is 0. The Hall–Kier alpha value is -4.37. The number of phenolic OH excluding ortho intramolecular Hbond substituents is 1. The first-order valence-electron chi connectivity index (χ1n) is 18.3. The summed E-state index contributed by atoms with van der Waals surface area (Å²) in [4.78, 5) is 67.4. The van der Waals surface area contributed by atoms with Gasteiger partial charge >= 0.3 is 5.97 Å². The van der Waals surface area contributed by atoms with E-state index in [1.165, 1.54) is 36.2 Å². The smallest absolute Gasteiger partial charge is 0.325 e. The molecule has 1 fully saturated rings. The van der Waals surface area contributed by atoms with Crippen LogP contribution in [-0.2, 0) is 35.1 Å². The largest absolute Gasteiger partial charge is 0.508 e. The number of fused-ring (bicyclic) bond motifs is 2. The number of allylic oxidation sites excluding steroid dienone is 2. The third-order valence-electron chi connectivity index (χ3n) is 9.67. The number of phenols is 1. The predicted octanol–water partition coefficient (Wildman–Crippen LogP) is 1.77. The zero-order chi connectivity index (χ0) is 39.2. The van der Waals surface area contributed by atoms with E-state index in [0.29, 0.717) is 24.0 Å². The average molecular weight is 741 g/mol. The van der Waals surface area contributed by atoms with E-state index in [-0.39, 0.29) is 50.4 Å². The first-order chi connectivity index (χ1) is 25.1. The second kappa shape index (κ2) is 20.8. The molecule has 7 N–H and O–H groups in total. The number of benzene rings is 1. The van der Waals surface area contributed by atoms with Gasteiger partial charge in [-0.1, -0.05) is 63.3 Å². The number of aliphatic hydroxyl groups is 3. The lowest BCUT2D eigenvalue weighted by molar-refractivity contribution is -0.156. The molecule has 0 aliphatic carbocycles. The molecule has 1 unspecified atom stereocenters. The number of nitrogens with zero attached hydrogens (tertiary/aromatic N) is 1. The summed E-state index contributed by atoms with van der Waals surface area (Å²) in [6, 6.07) is 2.98. The van der Waals surface area contributed by atoms with Crippen molar-refractivity contribution in [1.29, 1.82) is 0 Å². The van der Waals surface area contributed by atoms with Gasteiger partial charge in [0.2, 0.25) is 11.8 Å². The average Bonchev–Trinajstić information content (AvgIpc) is 3.11. The van der Waals surface area contributed by atoms with Crippen molar-refractivity contribution < 1.29 is 49.1 Å². The third-order valence-corrected chi connectivity index (χ3v) is 9.67. The van der Waals surface area contributed by atoms with Crippen LogP contribution in [0.2, 0.25) is 0 Å². The van der Waals surface area contributed by atoms with Crippen LogP contribution in [0.15, 0.2) is 60.2 Å². The number of Topliss-reactive ketones (excluding diaryl/α,β-unsaturated/α-hetero) is 1. The summed E-state index contributed by atoms with van der Waals surface area (Å²) < 4.78 is 5.87. The molecule has 0 aromatic heterocycles. The van der Waals surface area contributed by atoms with Gasteiger partial charge in [0.15, 0.2) is 0 Å². The summed E-state index contributed by atoms with van der Waals surface area (Å²) in [6.45, 7) is 8.03. The van der Waals surface area contributed by atoms with Crippen molar-refractivity contribution in [2.45, 2.75) is 110 Å². The van der Waals surface area contributed by atoms with E-state index in [9.17, 15) is 44.4 Å². The molecule has 2 bridgehead atoms. The van der Waals surface area contributed by atoms with Crippen LogP contribution in [0.1, 0.15) is 72.3 Å². The Morgan fingerprint density at radius 2 is 1.81 bits per heavy atom. The molecule has 0 radical (unpaired) electrons. The standard InChI is InChI=1S/C39H56N4O10/c1-23(2)34-37(50)40-31(22-27-11-9-12-28(46)21-27)38(51)43-19-10-13-30(42-43)39(52)53-33(24(3)18-20-44)15-8-6-7-14-32(47)26(5)35(48)29(36(49)41-34)17-16-25(4)45/h6-9,11-12,14,18,21,23,26,29-35,42,44,46-48H,10,13,15-17,19-20,22H2,1-5H3,(H,40,50)(H,41,49)/b8-6+,14-7+,24-18+/t26-,29+,30?,31-,32-,33-,34-,35+/m0/s1. The fourth-order valence-electron chi connectivity index (χ4n) is 6.32. The Labute approximate surface area is 311 Å². The van der Waals surface area contributed by atoms with Gasteiger partial charge in [-0.3, -0.25) is 24.2 Å². The number of ketones is 1. The van der Waals surface area contributed by atoms with E-state index in [1.54, 1.807) is 58.1 Å². The fourth-order valence-corrected chi connectivity index (χ4v) is 6.32. The summed E-state index contributed by atoms with van der Waals surface area (Å²) in [6.07, 6.45) is 5.51. The number of carbonyl (C=O) groups is 5. The van der Waals surface area contributed by atoms with E-state index in [1.807, 2.05) is 0 Å². The van der Waals surface area contributed by atoms with Crippen molar-refractivity contribution in [1.82, 2.24) is 21.1 Å². The number of aliphatic hydroxyl groups excluding tert-OH is 3. The van der Waals surface area contributed by atoms with Crippen molar-refractivity contribution in [3.63, 3.8) is 0 Å². The van der Waals surface area contributed by atoms with Crippen LogP contribution in [0.4, 0.5) is 0 Å². The van der Waals surface area contributed by atoms with E-state index in [0.717, 1.165) is 0 Å². The first-order valence-corrected chi connectivity index (χ1v) is 18.3. The van der Waals surface area contributed by atoms with E-state index in [4.69, 9.17) is 4.74 Å². The van der Waals surface area contributed by atoms with Crippen molar-refractivity contribution in [3.8, 4) is 5.75 Å². The van der Waals surface area contributed by atoms with Gasteiger partial charge in [0.25, 0.3) is 5.91 Å². The Kier molecular flexibility index (Phi) is 16.9. The number of aromatic hydroxyl groups is 1. The third kappa shape index (κ3) is 12.9. The molecule has 3 amide bonds. The highest BCUT2D eigenvalue weighted by Crippen LogP contribution is 2.24. The van der Waals surface area contributed by atoms with Crippen molar-refractivity contribution in [2.24, 2.45) is 17.8 Å². The minimum atomic E-state index is -1.40. The summed E-state index contributed by atoms with van der Waals surface area (Å²) in [5.74, 6) is -5.28. The van der Waals surface area contributed by atoms with E-state index < -0.39 is 77.9 Å². The molecule has 14 heteroatoms. The minimum Gasteiger partial charge on any atom is -0.508 e. The Morgan fingerprint density at radius 1 is 1.08 bits per heavy atom. The number of nitrogens with one attached hydrogen (secondary N) is 3. The summed E-state index contributed by atoms with van der Waals surface area (Å²) in [5, 5.41) is 48.7. The van der Waals surface area contributed by atoms with Gasteiger partial charge in [-0.2, -0.15) is 0 Å². The quantitative estimate of drug-likeness (QED) is 0.151. The maximum Gasteiger partial charge on any atom is 0.325 e. The van der Waals surface area contributed by atoms with Crippen LogP contribution < -0.4 is 16.1 Å². The summed E-state index contributed by atoms with van der Waals surface area (Å²) in [5.41, 5.74) is 4.11. The van der Waals surface area contributed by atoms with Crippen LogP contribution in [0, 0.1) is 17.8 Å². The molecule has 1 saturated heterocycles. The molecule has 292 valence electrons. The van der Waals surface area contributed by atoms with Crippen molar-refractivity contribution >= 4 is 29.5 Å². The fraction of sp³-hybridized carbons (Fsp3) is 0.564. The topological polar surface area (TPSA) is 215 Å². The molecule has 2 aliphatic heterocycles. The number of cyclic esters (lactones) is 1. The molecule has 14 nitrogen and oxygen atoms in total. The first kappa shape index (κ1) is 43.0. The minimum absolute atomic E-state index is 0.0186. The molecule has 2 aliphatic rings. The van der Waals surface area contributed by atoms with Gasteiger partial charge < -0.3 is 40.6 Å². The molecule has 53 heavy (non-hydrogen) atoms. The summed E-state index contributed by atoms with van der Waals surface area (Å²) in [7, 11) is 0. The lowest BCUT2D eigenvalue weighted by Gasteiger charge is -2.36. The molecular weight excluding hydrogens is 684 g/mol. The molecule has 0 saturated carbocycles. The number of hydrogen-bond donors (Lipinski definition) is 7. The van der Waals surface area contributed by atoms with Gasteiger partial charge in [0.1, 0.15) is 35.8 Å². The number of rotatable bonds is 8. The molecule has 3 rings (SSSR count). The maximum atomic E-state index is 14.2. The molecule has 1 aromatic rings. The highest BCUT2D eigenvalue weighted by Gasteiger charge is 2.38.